The van der Waals surface area contributed by atoms with Gasteiger partial charge >= 0.3 is 5.97 Å². The van der Waals surface area contributed by atoms with Crippen molar-refractivity contribution in [2.45, 2.75) is 26.3 Å². The molecule has 2 amide bonds. The number of hydrogen-bond acceptors (Lipinski definition) is 6. The van der Waals surface area contributed by atoms with Gasteiger partial charge in [-0.2, -0.15) is 0 Å². The highest BCUT2D eigenvalue weighted by atomic mass is 16.5. The fourth-order valence-corrected chi connectivity index (χ4v) is 4.10. The molecule has 3 aromatic carbocycles. The normalized spacial score (nSPS) is 12.8. The second-order valence-corrected chi connectivity index (χ2v) is 9.07. The minimum atomic E-state index is -0.920. The van der Waals surface area contributed by atoms with Crippen molar-refractivity contribution in [1.29, 1.82) is 0 Å². The van der Waals surface area contributed by atoms with Gasteiger partial charge in [0.15, 0.2) is 18.2 Å². The second kappa shape index (κ2) is 11.0. The molecule has 3 aromatic rings. The first-order valence-electron chi connectivity index (χ1n) is 11.9. The summed E-state index contributed by atoms with van der Waals surface area (Å²) in [6.07, 6.45) is 0.113. The van der Waals surface area contributed by atoms with E-state index in [1.165, 1.54) is 18.2 Å². The van der Waals surface area contributed by atoms with Crippen LogP contribution in [-0.2, 0) is 25.5 Å². The number of amides is 2. The summed E-state index contributed by atoms with van der Waals surface area (Å²) in [6.45, 7) is 2.94. The zero-order chi connectivity index (χ0) is 26.5. The maximum Gasteiger partial charge on any atom is 0.329 e. The van der Waals surface area contributed by atoms with Crippen LogP contribution in [0.3, 0.4) is 0 Å². The van der Waals surface area contributed by atoms with Crippen LogP contribution in [0.4, 0.5) is 5.69 Å². The van der Waals surface area contributed by atoms with Crippen LogP contribution >= 0.6 is 0 Å². The number of anilines is 1. The van der Waals surface area contributed by atoms with Crippen LogP contribution in [0.5, 0.6) is 0 Å². The SMILES string of the molecule is CC(C)[C@H](NC(=O)Cc1ccccc1)C(=O)OCC(=O)Nc1ccc2c(c1)C(=O)c1ccccc1C2=O. The zero-order valence-electron chi connectivity index (χ0n) is 20.4. The monoisotopic (exact) mass is 498 g/mol. The number of fused-ring (bicyclic) bond motifs is 2. The van der Waals surface area contributed by atoms with Crippen molar-refractivity contribution >= 4 is 35.0 Å². The van der Waals surface area contributed by atoms with E-state index in [9.17, 15) is 24.0 Å². The van der Waals surface area contributed by atoms with Crippen molar-refractivity contribution in [3.8, 4) is 0 Å². The molecule has 0 aliphatic heterocycles. The third-order valence-electron chi connectivity index (χ3n) is 6.00. The van der Waals surface area contributed by atoms with Crippen molar-refractivity contribution in [1.82, 2.24) is 5.32 Å². The Bertz CT molecular complexity index is 1380. The predicted octanol–water partition coefficient (Wildman–Crippen LogP) is 3.33. The second-order valence-electron chi connectivity index (χ2n) is 9.07. The average molecular weight is 499 g/mol. The lowest BCUT2D eigenvalue weighted by Gasteiger charge is -2.21. The van der Waals surface area contributed by atoms with Crippen LogP contribution in [-0.4, -0.2) is 42.0 Å². The van der Waals surface area contributed by atoms with E-state index in [2.05, 4.69) is 10.6 Å². The maximum absolute atomic E-state index is 12.9. The Kier molecular flexibility index (Phi) is 7.57. The molecule has 0 aromatic heterocycles. The third-order valence-corrected chi connectivity index (χ3v) is 6.00. The molecule has 188 valence electrons. The van der Waals surface area contributed by atoms with Crippen LogP contribution in [0.2, 0.25) is 0 Å². The van der Waals surface area contributed by atoms with Crippen LogP contribution < -0.4 is 10.6 Å². The summed E-state index contributed by atoms with van der Waals surface area (Å²) in [4.78, 5) is 63.1. The highest BCUT2D eigenvalue weighted by molar-refractivity contribution is 6.28. The lowest BCUT2D eigenvalue weighted by molar-refractivity contribution is -0.151. The molecule has 0 spiro atoms. The molecular formula is C29H26N2O6. The molecule has 0 saturated carbocycles. The van der Waals surface area contributed by atoms with Crippen LogP contribution in [0, 0.1) is 5.92 Å². The number of esters is 1. The molecule has 8 nitrogen and oxygen atoms in total. The third kappa shape index (κ3) is 5.81. The summed E-state index contributed by atoms with van der Waals surface area (Å²) in [5, 5.41) is 5.26. The summed E-state index contributed by atoms with van der Waals surface area (Å²) in [5.41, 5.74) is 2.21. The van der Waals surface area contributed by atoms with E-state index in [0.717, 1.165) is 5.56 Å². The quantitative estimate of drug-likeness (QED) is 0.360. The van der Waals surface area contributed by atoms with Gasteiger partial charge in [-0.3, -0.25) is 19.2 Å². The van der Waals surface area contributed by atoms with Crippen molar-refractivity contribution in [3.63, 3.8) is 0 Å². The molecule has 1 aliphatic carbocycles. The zero-order valence-corrected chi connectivity index (χ0v) is 20.4. The van der Waals surface area contributed by atoms with Gasteiger partial charge in [0.05, 0.1) is 6.42 Å². The van der Waals surface area contributed by atoms with Gasteiger partial charge < -0.3 is 15.4 Å². The molecule has 0 fully saturated rings. The van der Waals surface area contributed by atoms with Crippen molar-refractivity contribution in [2.24, 2.45) is 5.92 Å². The van der Waals surface area contributed by atoms with Gasteiger partial charge in [0, 0.05) is 27.9 Å². The van der Waals surface area contributed by atoms with Gasteiger partial charge in [0.1, 0.15) is 6.04 Å². The number of ketones is 2. The van der Waals surface area contributed by atoms with Crippen LogP contribution in [0.15, 0.2) is 72.8 Å². The minimum Gasteiger partial charge on any atom is -0.454 e. The molecule has 0 heterocycles. The summed E-state index contributed by atoms with van der Waals surface area (Å²) >= 11 is 0. The van der Waals surface area contributed by atoms with Crippen LogP contribution in [0.1, 0.15) is 51.3 Å². The topological polar surface area (TPSA) is 119 Å². The summed E-state index contributed by atoms with van der Waals surface area (Å²) in [7, 11) is 0. The first-order chi connectivity index (χ1) is 17.7. The Morgan fingerprint density at radius 1 is 0.757 bits per heavy atom. The van der Waals surface area contributed by atoms with E-state index in [0.29, 0.717) is 11.1 Å². The van der Waals surface area contributed by atoms with Crippen molar-refractivity contribution in [3.05, 3.63) is 101 Å². The van der Waals surface area contributed by atoms with Gasteiger partial charge in [-0.25, -0.2) is 4.79 Å². The molecular weight excluding hydrogens is 472 g/mol. The Balaban J connectivity index is 1.35. The molecule has 0 unspecified atom stereocenters. The standard InChI is InChI=1S/C29H26N2O6/c1-17(2)26(31-24(32)14-18-8-4-3-5-9-18)29(36)37-16-25(33)30-19-12-13-22-23(15-19)28(35)21-11-7-6-10-20(21)27(22)34/h3-13,15,17,26H,14,16H2,1-2H3,(H,30,33)(H,31,32)/t26-/m0/s1. The molecule has 0 saturated heterocycles. The molecule has 1 atom stereocenters. The first-order valence-corrected chi connectivity index (χ1v) is 11.9. The molecule has 1 aliphatic rings. The van der Waals surface area contributed by atoms with Gasteiger partial charge in [-0.05, 0) is 29.7 Å². The van der Waals surface area contributed by atoms with E-state index in [1.54, 1.807) is 38.1 Å². The Morgan fingerprint density at radius 3 is 2.00 bits per heavy atom. The average Bonchev–Trinajstić information content (AvgIpc) is 2.89. The van der Waals surface area contributed by atoms with Crippen molar-refractivity contribution in [2.75, 3.05) is 11.9 Å². The summed E-state index contributed by atoms with van der Waals surface area (Å²) < 4.78 is 5.16. The Hall–Kier alpha value is -4.59. The van der Waals surface area contributed by atoms with Gasteiger partial charge in [0.2, 0.25) is 5.91 Å². The lowest BCUT2D eigenvalue weighted by atomic mass is 9.84. The maximum atomic E-state index is 12.9. The molecule has 0 radical (unpaired) electrons. The number of carbonyl (C=O) groups is 5. The molecule has 8 heteroatoms. The smallest absolute Gasteiger partial charge is 0.329 e. The fraction of sp³-hybridized carbons (Fsp3) is 0.207. The highest BCUT2D eigenvalue weighted by Gasteiger charge is 2.30. The van der Waals surface area contributed by atoms with E-state index < -0.39 is 24.5 Å². The van der Waals surface area contributed by atoms with Gasteiger partial charge in [-0.1, -0.05) is 68.4 Å². The highest BCUT2D eigenvalue weighted by Crippen LogP contribution is 2.29. The number of ether oxygens (including phenoxy) is 1. The predicted molar refractivity (Wildman–Crippen MR) is 136 cm³/mol. The molecule has 0 bridgehead atoms. The molecule has 4 rings (SSSR count). The summed E-state index contributed by atoms with van der Waals surface area (Å²) in [5.74, 6) is -2.51. The largest absolute Gasteiger partial charge is 0.454 e. The van der Waals surface area contributed by atoms with Crippen molar-refractivity contribution < 1.29 is 28.7 Å². The summed E-state index contributed by atoms with van der Waals surface area (Å²) in [6, 6.07) is 19.2. The number of benzene rings is 3. The van der Waals surface area contributed by atoms with Gasteiger partial charge in [0.25, 0.3) is 5.91 Å². The minimum absolute atomic E-state index is 0.113. The number of carbonyl (C=O) groups excluding carboxylic acids is 5. The van der Waals surface area contributed by atoms with E-state index in [1.807, 2.05) is 30.3 Å². The number of hydrogen-bond donors (Lipinski definition) is 2. The van der Waals surface area contributed by atoms with Crippen LogP contribution in [0.25, 0.3) is 0 Å². The number of rotatable bonds is 8. The lowest BCUT2D eigenvalue weighted by Crippen LogP contribution is -2.46. The fourth-order valence-electron chi connectivity index (χ4n) is 4.10. The Morgan fingerprint density at radius 2 is 1.35 bits per heavy atom. The molecule has 37 heavy (non-hydrogen) atoms. The van der Waals surface area contributed by atoms with Gasteiger partial charge in [-0.15, -0.1) is 0 Å². The van der Waals surface area contributed by atoms with E-state index >= 15 is 0 Å². The Labute approximate surface area is 214 Å². The molecule has 2 N–H and O–H groups in total. The number of nitrogens with one attached hydrogen (secondary N) is 2. The van der Waals surface area contributed by atoms with E-state index in [4.69, 9.17) is 4.74 Å². The first kappa shape index (κ1) is 25.5. The van der Waals surface area contributed by atoms with E-state index in [-0.39, 0.29) is 46.6 Å².